The summed E-state index contributed by atoms with van der Waals surface area (Å²) < 4.78 is 16.3. The first-order valence-electron chi connectivity index (χ1n) is 10.9. The van der Waals surface area contributed by atoms with Crippen molar-refractivity contribution in [2.24, 2.45) is 16.6 Å². The molecule has 1 aliphatic rings. The summed E-state index contributed by atoms with van der Waals surface area (Å²) in [6, 6.07) is 5.94. The lowest BCUT2D eigenvalue weighted by Crippen LogP contribution is -2.36. The van der Waals surface area contributed by atoms with E-state index in [2.05, 4.69) is 20.2 Å². The molecule has 0 spiro atoms. The standard InChI is InChI=1S/C23H35N5O3/c1-16-17(2)31-22(27-16)15-28-11-8-19(9-12-28)14-26-23(24)25-10-7-18-5-6-20(29-3)21(13-18)30-4/h5-6,13,19H,7-12,14-15H2,1-4H3,(H3,24,25,26). The fraction of sp³-hybridized carbons (Fsp3) is 0.565. The van der Waals surface area contributed by atoms with Crippen LogP contribution in [-0.4, -0.2) is 56.2 Å². The Bertz CT molecular complexity index is 853. The number of hydrogen-bond donors (Lipinski definition) is 2. The predicted octanol–water partition coefficient (Wildman–Crippen LogP) is 2.67. The number of methoxy groups -OCH3 is 2. The second-order valence-corrected chi connectivity index (χ2v) is 8.06. The van der Waals surface area contributed by atoms with Gasteiger partial charge in [-0.15, -0.1) is 0 Å². The van der Waals surface area contributed by atoms with Gasteiger partial charge in [0.2, 0.25) is 5.89 Å². The minimum atomic E-state index is 0.508. The van der Waals surface area contributed by atoms with E-state index in [1.54, 1.807) is 14.2 Å². The average molecular weight is 430 g/mol. The Hall–Kier alpha value is -2.74. The van der Waals surface area contributed by atoms with Gasteiger partial charge < -0.3 is 24.9 Å². The molecule has 0 atom stereocenters. The van der Waals surface area contributed by atoms with E-state index in [9.17, 15) is 0 Å². The fourth-order valence-electron chi connectivity index (χ4n) is 3.78. The molecule has 170 valence electrons. The number of nitrogens with one attached hydrogen (secondary N) is 1. The lowest BCUT2D eigenvalue weighted by Gasteiger charge is -2.30. The highest BCUT2D eigenvalue weighted by molar-refractivity contribution is 5.77. The van der Waals surface area contributed by atoms with E-state index in [0.29, 0.717) is 11.9 Å². The Morgan fingerprint density at radius 3 is 2.61 bits per heavy atom. The zero-order valence-corrected chi connectivity index (χ0v) is 19.1. The Labute approximate surface area is 184 Å². The molecule has 0 amide bonds. The molecule has 8 heteroatoms. The zero-order valence-electron chi connectivity index (χ0n) is 19.1. The third kappa shape index (κ3) is 6.62. The van der Waals surface area contributed by atoms with Crippen LogP contribution >= 0.6 is 0 Å². The van der Waals surface area contributed by atoms with E-state index in [1.165, 1.54) is 0 Å². The molecule has 0 unspecified atom stereocenters. The maximum atomic E-state index is 6.07. The van der Waals surface area contributed by atoms with Crippen LogP contribution in [0.4, 0.5) is 0 Å². The number of hydrogen-bond acceptors (Lipinski definition) is 6. The van der Waals surface area contributed by atoms with Crippen molar-refractivity contribution in [3.63, 3.8) is 0 Å². The van der Waals surface area contributed by atoms with Crippen molar-refractivity contribution >= 4 is 5.96 Å². The number of aliphatic imine (C=N–C) groups is 1. The Balaban J connectivity index is 1.36. The van der Waals surface area contributed by atoms with Crippen LogP contribution in [0.3, 0.4) is 0 Å². The van der Waals surface area contributed by atoms with E-state index >= 15 is 0 Å². The maximum absolute atomic E-state index is 6.07. The normalized spacial score (nSPS) is 15.8. The summed E-state index contributed by atoms with van der Waals surface area (Å²) in [5.74, 6) is 4.27. The third-order valence-electron chi connectivity index (χ3n) is 5.83. The van der Waals surface area contributed by atoms with Crippen molar-refractivity contribution in [1.29, 1.82) is 0 Å². The summed E-state index contributed by atoms with van der Waals surface area (Å²) in [6.07, 6.45) is 3.05. The second-order valence-electron chi connectivity index (χ2n) is 8.06. The van der Waals surface area contributed by atoms with Crippen LogP contribution in [-0.2, 0) is 13.0 Å². The lowest BCUT2D eigenvalue weighted by molar-refractivity contribution is 0.166. The lowest BCUT2D eigenvalue weighted by atomic mass is 9.97. The largest absolute Gasteiger partial charge is 0.493 e. The number of benzene rings is 1. The number of oxazole rings is 1. The van der Waals surface area contributed by atoms with E-state index in [-0.39, 0.29) is 0 Å². The fourth-order valence-corrected chi connectivity index (χ4v) is 3.78. The average Bonchev–Trinajstić information content (AvgIpc) is 3.09. The number of nitrogens with two attached hydrogens (primary N) is 1. The maximum Gasteiger partial charge on any atom is 0.208 e. The van der Waals surface area contributed by atoms with Gasteiger partial charge in [-0.25, -0.2) is 4.98 Å². The second kappa shape index (κ2) is 11.0. The minimum absolute atomic E-state index is 0.508. The number of aromatic nitrogens is 1. The molecule has 2 heterocycles. The Morgan fingerprint density at radius 2 is 1.97 bits per heavy atom. The van der Waals surface area contributed by atoms with Crippen molar-refractivity contribution in [1.82, 2.24) is 15.2 Å². The Morgan fingerprint density at radius 1 is 1.23 bits per heavy atom. The number of guanidine groups is 1. The van der Waals surface area contributed by atoms with Crippen LogP contribution in [0.5, 0.6) is 11.5 Å². The summed E-state index contributed by atoms with van der Waals surface area (Å²) >= 11 is 0. The van der Waals surface area contributed by atoms with Gasteiger partial charge in [0, 0.05) is 13.1 Å². The molecule has 1 aromatic heterocycles. The van der Waals surface area contributed by atoms with E-state index in [0.717, 1.165) is 86.4 Å². The molecule has 1 aliphatic heterocycles. The summed E-state index contributed by atoms with van der Waals surface area (Å²) in [5, 5.41) is 3.21. The highest BCUT2D eigenvalue weighted by Crippen LogP contribution is 2.27. The van der Waals surface area contributed by atoms with Crippen LogP contribution in [0.15, 0.2) is 27.6 Å². The van der Waals surface area contributed by atoms with Gasteiger partial charge >= 0.3 is 0 Å². The summed E-state index contributed by atoms with van der Waals surface area (Å²) in [5.41, 5.74) is 8.20. The third-order valence-corrected chi connectivity index (χ3v) is 5.83. The molecule has 1 aromatic carbocycles. The van der Waals surface area contributed by atoms with Gasteiger partial charge in [-0.1, -0.05) is 6.07 Å². The quantitative estimate of drug-likeness (QED) is 0.467. The van der Waals surface area contributed by atoms with E-state index < -0.39 is 0 Å². The van der Waals surface area contributed by atoms with Crippen molar-refractivity contribution in [3.05, 3.63) is 41.1 Å². The van der Waals surface area contributed by atoms with Crippen molar-refractivity contribution in [3.8, 4) is 11.5 Å². The molecule has 0 bridgehead atoms. The van der Waals surface area contributed by atoms with Crippen LogP contribution in [0, 0.1) is 19.8 Å². The highest BCUT2D eigenvalue weighted by atomic mass is 16.5. The van der Waals surface area contributed by atoms with Gasteiger partial charge in [0.1, 0.15) is 5.76 Å². The number of likely N-dealkylation sites (tertiary alicyclic amines) is 1. The topological polar surface area (TPSA) is 98.1 Å². The Kier molecular flexibility index (Phi) is 8.17. The first-order chi connectivity index (χ1) is 15.0. The number of ether oxygens (including phenoxy) is 2. The number of piperidine rings is 1. The molecule has 1 fully saturated rings. The number of nitrogens with zero attached hydrogens (tertiary/aromatic N) is 3. The van der Waals surface area contributed by atoms with Gasteiger partial charge in [0.15, 0.2) is 17.5 Å². The monoisotopic (exact) mass is 429 g/mol. The van der Waals surface area contributed by atoms with Gasteiger partial charge in [-0.2, -0.15) is 0 Å². The van der Waals surface area contributed by atoms with Crippen LogP contribution in [0.25, 0.3) is 0 Å². The van der Waals surface area contributed by atoms with Crippen molar-refractivity contribution in [2.75, 3.05) is 40.4 Å². The molecule has 0 saturated carbocycles. The van der Waals surface area contributed by atoms with Gasteiger partial charge in [-0.3, -0.25) is 9.89 Å². The van der Waals surface area contributed by atoms with E-state index in [1.807, 2.05) is 32.0 Å². The molecule has 8 nitrogen and oxygen atoms in total. The summed E-state index contributed by atoms with van der Waals surface area (Å²) in [4.78, 5) is 11.4. The number of aryl methyl sites for hydroxylation is 2. The van der Waals surface area contributed by atoms with Crippen molar-refractivity contribution in [2.45, 2.75) is 39.7 Å². The van der Waals surface area contributed by atoms with Gasteiger partial charge in [0.05, 0.1) is 26.5 Å². The van der Waals surface area contributed by atoms with Crippen molar-refractivity contribution < 1.29 is 13.9 Å². The molecule has 2 aromatic rings. The summed E-state index contributed by atoms with van der Waals surface area (Å²) in [6.45, 7) is 8.28. The predicted molar refractivity (Wildman–Crippen MR) is 122 cm³/mol. The minimum Gasteiger partial charge on any atom is -0.493 e. The first kappa shape index (κ1) is 22.9. The molecule has 3 rings (SSSR count). The molecular formula is C23H35N5O3. The zero-order chi connectivity index (χ0) is 22.2. The smallest absolute Gasteiger partial charge is 0.208 e. The number of rotatable bonds is 9. The molecule has 1 saturated heterocycles. The van der Waals surface area contributed by atoms with Crippen LogP contribution in [0.1, 0.15) is 35.7 Å². The first-order valence-corrected chi connectivity index (χ1v) is 10.9. The molecular weight excluding hydrogens is 394 g/mol. The highest BCUT2D eigenvalue weighted by Gasteiger charge is 2.20. The molecule has 0 aliphatic carbocycles. The van der Waals surface area contributed by atoms with Gasteiger partial charge in [0.25, 0.3) is 0 Å². The van der Waals surface area contributed by atoms with E-state index in [4.69, 9.17) is 19.6 Å². The molecule has 0 radical (unpaired) electrons. The molecule has 31 heavy (non-hydrogen) atoms. The SMILES string of the molecule is COc1ccc(CCNC(N)=NCC2CCN(Cc3nc(C)c(C)o3)CC2)cc1OC. The van der Waals surface area contributed by atoms with Crippen LogP contribution in [0.2, 0.25) is 0 Å². The molecule has 3 N–H and O–H groups in total. The van der Waals surface area contributed by atoms with Crippen LogP contribution < -0.4 is 20.5 Å². The van der Waals surface area contributed by atoms with Gasteiger partial charge in [-0.05, 0) is 69.8 Å². The summed E-state index contributed by atoms with van der Waals surface area (Å²) in [7, 11) is 3.28.